The Morgan fingerprint density at radius 2 is 2.00 bits per heavy atom. The van der Waals surface area contributed by atoms with E-state index in [2.05, 4.69) is 22.5 Å². The van der Waals surface area contributed by atoms with Gasteiger partial charge in [0.1, 0.15) is 17.4 Å². The first-order valence-electron chi connectivity index (χ1n) is 8.05. The van der Waals surface area contributed by atoms with Gasteiger partial charge < -0.3 is 15.4 Å². The largest absolute Gasteiger partial charge is 0.481 e. The quantitative estimate of drug-likeness (QED) is 0.439. The molecule has 0 fully saturated rings. The summed E-state index contributed by atoms with van der Waals surface area (Å²) in [6.07, 6.45) is 0. The third kappa shape index (κ3) is 6.30. The van der Waals surface area contributed by atoms with Gasteiger partial charge in [-0.2, -0.15) is 0 Å². The van der Waals surface area contributed by atoms with Crippen molar-refractivity contribution in [3.63, 3.8) is 0 Å². The maximum Gasteiger partial charge on any atom is 0.288 e. The molecular weight excluding hydrogens is 386 g/mol. The third-order valence-electron chi connectivity index (χ3n) is 3.33. The molecule has 0 aliphatic heterocycles. The number of nitro groups is 1. The Bertz CT molecular complexity index is 966. The molecule has 144 valence electrons. The van der Waals surface area contributed by atoms with Gasteiger partial charge in [0.15, 0.2) is 0 Å². The molecule has 0 atom stereocenters. The fourth-order valence-corrected chi connectivity index (χ4v) is 2.31. The van der Waals surface area contributed by atoms with Crippen molar-refractivity contribution >= 4 is 34.8 Å². The van der Waals surface area contributed by atoms with Gasteiger partial charge in [-0.3, -0.25) is 19.7 Å². The maximum atomic E-state index is 12.0. The highest BCUT2D eigenvalue weighted by molar-refractivity contribution is 6.32. The molecule has 2 aromatic rings. The zero-order valence-electron chi connectivity index (χ0n) is 14.8. The van der Waals surface area contributed by atoms with E-state index in [0.717, 1.165) is 6.07 Å². The summed E-state index contributed by atoms with van der Waals surface area (Å²) in [4.78, 5) is 33.2. The number of amides is 2. The Labute approximate surface area is 166 Å². The first-order chi connectivity index (χ1) is 13.4. The Morgan fingerprint density at radius 3 is 2.71 bits per heavy atom. The van der Waals surface area contributed by atoms with Gasteiger partial charge in [-0.15, -0.1) is 0 Å². The van der Waals surface area contributed by atoms with Crippen LogP contribution in [-0.2, 0) is 4.79 Å². The number of carbonyl (C=O) groups is 2. The van der Waals surface area contributed by atoms with Crippen LogP contribution in [0.1, 0.15) is 17.3 Å². The molecule has 2 N–H and O–H groups in total. The van der Waals surface area contributed by atoms with E-state index in [4.69, 9.17) is 16.3 Å². The smallest absolute Gasteiger partial charge is 0.288 e. The van der Waals surface area contributed by atoms with E-state index >= 15 is 0 Å². The second-order valence-electron chi connectivity index (χ2n) is 5.46. The van der Waals surface area contributed by atoms with Crippen molar-refractivity contribution in [2.75, 3.05) is 18.5 Å². The number of nitrogens with one attached hydrogen (secondary N) is 2. The normalized spacial score (nSPS) is 9.64. The summed E-state index contributed by atoms with van der Waals surface area (Å²) < 4.78 is 5.45. The maximum absolute atomic E-state index is 12.0. The van der Waals surface area contributed by atoms with Crippen LogP contribution in [0.2, 0.25) is 5.02 Å². The molecule has 0 bridgehead atoms. The second-order valence-corrected chi connectivity index (χ2v) is 5.86. The van der Waals surface area contributed by atoms with E-state index < -0.39 is 10.8 Å². The van der Waals surface area contributed by atoms with Gasteiger partial charge in [-0.05, 0) is 24.3 Å². The summed E-state index contributed by atoms with van der Waals surface area (Å²) in [5.74, 6) is 5.31. The van der Waals surface area contributed by atoms with Crippen LogP contribution in [0.4, 0.5) is 11.4 Å². The molecule has 28 heavy (non-hydrogen) atoms. The van der Waals surface area contributed by atoms with Crippen LogP contribution >= 0.6 is 11.6 Å². The molecule has 2 amide bonds. The number of anilines is 1. The number of benzene rings is 2. The van der Waals surface area contributed by atoms with Crippen molar-refractivity contribution in [1.82, 2.24) is 5.32 Å². The van der Waals surface area contributed by atoms with Crippen LogP contribution in [0.5, 0.6) is 5.75 Å². The standard InChI is InChI=1S/C19H16ClN3O5/c1-13(24)22-15-5-4-6-16(12-15)28-10-3-2-9-21-19(25)14-7-8-17(20)18(11-14)23(26)27/h4-8,11-12H,9-10H2,1H3,(H,21,25)(H,22,24). The Morgan fingerprint density at radius 1 is 1.21 bits per heavy atom. The number of rotatable bonds is 6. The van der Waals surface area contributed by atoms with E-state index in [9.17, 15) is 19.7 Å². The highest BCUT2D eigenvalue weighted by Gasteiger charge is 2.15. The van der Waals surface area contributed by atoms with Crippen LogP contribution in [0, 0.1) is 22.0 Å². The lowest BCUT2D eigenvalue weighted by Crippen LogP contribution is -2.23. The van der Waals surface area contributed by atoms with Gasteiger partial charge in [0.25, 0.3) is 11.6 Å². The van der Waals surface area contributed by atoms with E-state index in [1.54, 1.807) is 24.3 Å². The highest BCUT2D eigenvalue weighted by atomic mass is 35.5. The molecule has 0 heterocycles. The van der Waals surface area contributed by atoms with E-state index in [1.165, 1.54) is 19.1 Å². The number of carbonyl (C=O) groups excluding carboxylic acids is 2. The molecule has 2 aromatic carbocycles. The summed E-state index contributed by atoms with van der Waals surface area (Å²) in [6, 6.07) is 10.7. The van der Waals surface area contributed by atoms with Crippen molar-refractivity contribution in [2.24, 2.45) is 0 Å². The predicted octanol–water partition coefficient (Wildman–Crippen LogP) is 3.02. The van der Waals surface area contributed by atoms with E-state index in [1.807, 2.05) is 0 Å². The molecular formula is C19H16ClN3O5. The average molecular weight is 402 g/mol. The lowest BCUT2D eigenvalue weighted by molar-refractivity contribution is -0.384. The van der Waals surface area contributed by atoms with Gasteiger partial charge in [0, 0.05) is 30.3 Å². The minimum Gasteiger partial charge on any atom is -0.481 e. The molecule has 0 aromatic heterocycles. The first-order valence-corrected chi connectivity index (χ1v) is 8.43. The van der Waals surface area contributed by atoms with Crippen LogP contribution in [-0.4, -0.2) is 29.9 Å². The molecule has 8 nitrogen and oxygen atoms in total. The van der Waals surface area contributed by atoms with Crippen molar-refractivity contribution in [3.8, 4) is 17.6 Å². The molecule has 9 heteroatoms. The van der Waals surface area contributed by atoms with Crippen LogP contribution in [0.15, 0.2) is 42.5 Å². The van der Waals surface area contributed by atoms with Crippen molar-refractivity contribution < 1.29 is 19.2 Å². The molecule has 0 saturated carbocycles. The summed E-state index contributed by atoms with van der Waals surface area (Å²) in [6.45, 7) is 1.55. The van der Waals surface area contributed by atoms with Gasteiger partial charge in [0.2, 0.25) is 5.91 Å². The molecule has 0 aliphatic rings. The second kappa shape index (κ2) is 9.94. The van der Waals surface area contributed by atoms with E-state index in [0.29, 0.717) is 11.4 Å². The molecule has 0 aliphatic carbocycles. The minimum absolute atomic E-state index is 0.0407. The number of ether oxygens (including phenoxy) is 1. The molecule has 0 unspecified atom stereocenters. The zero-order chi connectivity index (χ0) is 20.5. The van der Waals surface area contributed by atoms with Crippen molar-refractivity contribution in [3.05, 3.63) is 63.2 Å². The fraction of sp³-hybridized carbons (Fsp3) is 0.158. The third-order valence-corrected chi connectivity index (χ3v) is 3.65. The number of hydrogen-bond acceptors (Lipinski definition) is 5. The summed E-state index contributed by atoms with van der Waals surface area (Å²) in [5, 5.41) is 16.0. The Kier molecular flexibility index (Phi) is 7.37. The minimum atomic E-state index is -0.656. The van der Waals surface area contributed by atoms with Gasteiger partial charge in [-0.25, -0.2) is 0 Å². The van der Waals surface area contributed by atoms with Gasteiger partial charge >= 0.3 is 0 Å². The first kappa shape index (κ1) is 20.7. The lowest BCUT2D eigenvalue weighted by Gasteiger charge is -2.05. The lowest BCUT2D eigenvalue weighted by atomic mass is 10.2. The van der Waals surface area contributed by atoms with Crippen LogP contribution in [0.3, 0.4) is 0 Å². The molecule has 0 spiro atoms. The Balaban J connectivity index is 1.82. The number of hydrogen-bond donors (Lipinski definition) is 2. The average Bonchev–Trinajstić information content (AvgIpc) is 2.64. The monoisotopic (exact) mass is 401 g/mol. The Hall–Kier alpha value is -3.57. The summed E-state index contributed by atoms with van der Waals surface area (Å²) in [5.41, 5.74) is 0.390. The van der Waals surface area contributed by atoms with Crippen LogP contribution < -0.4 is 15.4 Å². The van der Waals surface area contributed by atoms with Crippen molar-refractivity contribution in [1.29, 1.82) is 0 Å². The van der Waals surface area contributed by atoms with E-state index in [-0.39, 0.29) is 35.3 Å². The fourth-order valence-electron chi connectivity index (χ4n) is 2.12. The highest BCUT2D eigenvalue weighted by Crippen LogP contribution is 2.24. The number of nitro benzene ring substituents is 1. The number of halogens is 1. The van der Waals surface area contributed by atoms with Gasteiger partial charge in [-0.1, -0.05) is 29.5 Å². The zero-order valence-corrected chi connectivity index (χ0v) is 15.6. The summed E-state index contributed by atoms with van der Waals surface area (Å²) in [7, 11) is 0. The predicted molar refractivity (Wildman–Crippen MR) is 104 cm³/mol. The molecule has 0 radical (unpaired) electrons. The summed E-state index contributed by atoms with van der Waals surface area (Å²) >= 11 is 5.71. The number of nitrogens with zero attached hydrogens (tertiary/aromatic N) is 1. The van der Waals surface area contributed by atoms with Crippen LogP contribution in [0.25, 0.3) is 0 Å². The van der Waals surface area contributed by atoms with Crippen molar-refractivity contribution in [2.45, 2.75) is 6.92 Å². The topological polar surface area (TPSA) is 111 Å². The SMILES string of the molecule is CC(=O)Nc1cccc(OCC#CCNC(=O)c2ccc(Cl)c([N+](=O)[O-])c2)c1. The van der Waals surface area contributed by atoms with Gasteiger partial charge in [0.05, 0.1) is 11.5 Å². The molecule has 2 rings (SSSR count). The molecule has 0 saturated heterocycles.